The Morgan fingerprint density at radius 2 is 2.00 bits per heavy atom. The summed E-state index contributed by atoms with van der Waals surface area (Å²) in [5.41, 5.74) is 0.741. The molecule has 1 aromatic heterocycles. The molecule has 0 bridgehead atoms. The third-order valence-electron chi connectivity index (χ3n) is 4.51. The molecule has 27 heavy (non-hydrogen) atoms. The van der Waals surface area contributed by atoms with Crippen molar-refractivity contribution in [3.05, 3.63) is 18.2 Å². The van der Waals surface area contributed by atoms with E-state index in [9.17, 15) is 4.79 Å². The molecule has 1 atom stereocenters. The van der Waals surface area contributed by atoms with Crippen molar-refractivity contribution in [3.8, 4) is 22.9 Å². The Labute approximate surface area is 160 Å². The molecule has 0 aliphatic carbocycles. The van der Waals surface area contributed by atoms with Crippen molar-refractivity contribution in [3.63, 3.8) is 0 Å². The predicted molar refractivity (Wildman–Crippen MR) is 103 cm³/mol. The number of hydrogen-bond donors (Lipinski definition) is 1. The van der Waals surface area contributed by atoms with E-state index in [0.717, 1.165) is 18.4 Å². The average molecular weight is 375 g/mol. The molecule has 0 aliphatic heterocycles. The van der Waals surface area contributed by atoms with Crippen LogP contribution in [0.4, 0.5) is 0 Å². The highest BCUT2D eigenvalue weighted by molar-refractivity contribution is 5.75. The van der Waals surface area contributed by atoms with Gasteiger partial charge in [-0.1, -0.05) is 33.1 Å². The van der Waals surface area contributed by atoms with Crippen LogP contribution in [-0.2, 0) is 11.3 Å². The summed E-state index contributed by atoms with van der Waals surface area (Å²) in [7, 11) is 3.15. The van der Waals surface area contributed by atoms with Gasteiger partial charge in [-0.3, -0.25) is 4.79 Å². The summed E-state index contributed by atoms with van der Waals surface area (Å²) in [5.74, 6) is 2.04. The van der Waals surface area contributed by atoms with Gasteiger partial charge in [0.25, 0.3) is 0 Å². The van der Waals surface area contributed by atoms with E-state index in [2.05, 4.69) is 34.6 Å². The van der Waals surface area contributed by atoms with Crippen molar-refractivity contribution >= 4 is 5.91 Å². The molecule has 1 amide bonds. The lowest BCUT2D eigenvalue weighted by Gasteiger charge is -2.14. The first-order chi connectivity index (χ1) is 13.1. The van der Waals surface area contributed by atoms with Gasteiger partial charge in [-0.25, -0.2) is 0 Å². The lowest BCUT2D eigenvalue weighted by atomic mass is 9.99. The average Bonchev–Trinajstić information content (AvgIpc) is 3.15. The van der Waals surface area contributed by atoms with Crippen molar-refractivity contribution in [1.82, 2.24) is 25.5 Å². The topological polar surface area (TPSA) is 91.2 Å². The van der Waals surface area contributed by atoms with Gasteiger partial charge in [0.1, 0.15) is 6.54 Å². The van der Waals surface area contributed by atoms with Crippen LogP contribution in [0.1, 0.15) is 39.5 Å². The number of ether oxygens (including phenoxy) is 2. The van der Waals surface area contributed by atoms with Gasteiger partial charge in [-0.2, -0.15) is 4.80 Å². The molecule has 2 rings (SSSR count). The minimum Gasteiger partial charge on any atom is -0.493 e. The number of aromatic nitrogens is 4. The normalized spacial score (nSPS) is 11.9. The van der Waals surface area contributed by atoms with Gasteiger partial charge < -0.3 is 14.8 Å². The number of tetrazole rings is 1. The maximum absolute atomic E-state index is 12.2. The molecular formula is C19H29N5O3. The zero-order valence-electron chi connectivity index (χ0n) is 16.6. The minimum absolute atomic E-state index is 0.0461. The number of benzene rings is 1. The second-order valence-electron chi connectivity index (χ2n) is 6.43. The van der Waals surface area contributed by atoms with Gasteiger partial charge in [0, 0.05) is 12.1 Å². The Hall–Kier alpha value is -2.64. The number of amides is 1. The van der Waals surface area contributed by atoms with E-state index in [1.54, 1.807) is 26.4 Å². The number of methoxy groups -OCH3 is 2. The Morgan fingerprint density at radius 3 is 2.67 bits per heavy atom. The smallest absolute Gasteiger partial charge is 0.243 e. The molecule has 8 heteroatoms. The molecule has 1 N–H and O–H groups in total. The summed E-state index contributed by atoms with van der Waals surface area (Å²) >= 11 is 0. The van der Waals surface area contributed by atoms with Crippen LogP contribution in [0.25, 0.3) is 11.4 Å². The zero-order valence-corrected chi connectivity index (χ0v) is 16.6. The molecule has 0 fully saturated rings. The third kappa shape index (κ3) is 5.94. The molecule has 1 heterocycles. The summed E-state index contributed by atoms with van der Waals surface area (Å²) < 4.78 is 10.5. The molecular weight excluding hydrogens is 346 g/mol. The predicted octanol–water partition coefficient (Wildman–Crippen LogP) is 2.69. The monoisotopic (exact) mass is 375 g/mol. The number of nitrogens with one attached hydrogen (secondary N) is 1. The second-order valence-corrected chi connectivity index (χ2v) is 6.43. The van der Waals surface area contributed by atoms with Crippen molar-refractivity contribution in [2.24, 2.45) is 5.92 Å². The van der Waals surface area contributed by atoms with E-state index in [1.165, 1.54) is 17.6 Å². The van der Waals surface area contributed by atoms with Crippen LogP contribution in [0.2, 0.25) is 0 Å². The first-order valence-electron chi connectivity index (χ1n) is 9.38. The fourth-order valence-electron chi connectivity index (χ4n) is 2.79. The van der Waals surface area contributed by atoms with Gasteiger partial charge in [0.05, 0.1) is 14.2 Å². The number of carbonyl (C=O) groups excluding carboxylic acids is 1. The largest absolute Gasteiger partial charge is 0.493 e. The van der Waals surface area contributed by atoms with Gasteiger partial charge in [-0.15, -0.1) is 10.2 Å². The van der Waals surface area contributed by atoms with Crippen LogP contribution < -0.4 is 14.8 Å². The van der Waals surface area contributed by atoms with E-state index < -0.39 is 0 Å². The molecule has 0 saturated heterocycles. The van der Waals surface area contributed by atoms with Gasteiger partial charge in [-0.05, 0) is 35.8 Å². The molecule has 0 radical (unpaired) electrons. The van der Waals surface area contributed by atoms with Crippen LogP contribution in [-0.4, -0.2) is 46.9 Å². The quantitative estimate of drug-likeness (QED) is 0.649. The number of carbonyl (C=O) groups is 1. The van der Waals surface area contributed by atoms with Crippen LogP contribution in [0.5, 0.6) is 11.5 Å². The van der Waals surface area contributed by atoms with Crippen molar-refractivity contribution in [1.29, 1.82) is 0 Å². The molecule has 0 unspecified atom stereocenters. The summed E-state index contributed by atoms with van der Waals surface area (Å²) in [6.07, 6.45) is 4.56. The van der Waals surface area contributed by atoms with E-state index in [1.807, 2.05) is 6.07 Å². The molecule has 0 saturated carbocycles. The van der Waals surface area contributed by atoms with E-state index >= 15 is 0 Å². The van der Waals surface area contributed by atoms with Crippen molar-refractivity contribution in [2.45, 2.75) is 46.1 Å². The molecule has 0 spiro atoms. The molecule has 2 aromatic rings. The highest BCUT2D eigenvalue weighted by Gasteiger charge is 2.13. The summed E-state index contributed by atoms with van der Waals surface area (Å²) in [5, 5.41) is 15.3. The van der Waals surface area contributed by atoms with Gasteiger partial charge >= 0.3 is 0 Å². The number of hydrogen-bond acceptors (Lipinski definition) is 6. The van der Waals surface area contributed by atoms with Gasteiger partial charge in [0.15, 0.2) is 11.5 Å². The highest BCUT2D eigenvalue weighted by Crippen LogP contribution is 2.30. The lowest BCUT2D eigenvalue weighted by Crippen LogP contribution is -2.32. The Bertz CT molecular complexity index is 732. The van der Waals surface area contributed by atoms with E-state index in [4.69, 9.17) is 9.47 Å². The van der Waals surface area contributed by atoms with Crippen LogP contribution in [0, 0.1) is 5.92 Å². The summed E-state index contributed by atoms with van der Waals surface area (Å²) in [6, 6.07) is 5.38. The molecule has 148 valence electrons. The number of rotatable bonds is 11. The maximum atomic E-state index is 12.2. The SMILES string of the molecule is CCCC[C@H](CC)CNC(=O)Cn1nnc(-c2ccc(OC)c(OC)c2)n1. The van der Waals surface area contributed by atoms with E-state index in [0.29, 0.717) is 29.8 Å². The zero-order chi connectivity index (χ0) is 19.6. The number of unbranched alkanes of at least 4 members (excludes halogenated alkanes) is 1. The minimum atomic E-state index is -0.110. The maximum Gasteiger partial charge on any atom is 0.243 e. The van der Waals surface area contributed by atoms with Crippen molar-refractivity contribution < 1.29 is 14.3 Å². The van der Waals surface area contributed by atoms with Crippen LogP contribution in [0.3, 0.4) is 0 Å². The number of nitrogens with zero attached hydrogens (tertiary/aromatic N) is 4. The summed E-state index contributed by atoms with van der Waals surface area (Å²) in [4.78, 5) is 13.5. The third-order valence-corrected chi connectivity index (χ3v) is 4.51. The Morgan fingerprint density at radius 1 is 1.22 bits per heavy atom. The standard InChI is InChI=1S/C19H29N5O3/c1-5-7-8-14(6-2)12-20-18(25)13-24-22-19(21-23-24)15-9-10-16(26-3)17(11-15)27-4/h9-11,14H,5-8,12-13H2,1-4H3,(H,20,25)/t14-/m0/s1. The van der Waals surface area contributed by atoms with E-state index in [-0.39, 0.29) is 12.5 Å². The van der Waals surface area contributed by atoms with Crippen LogP contribution in [0.15, 0.2) is 18.2 Å². The highest BCUT2D eigenvalue weighted by atomic mass is 16.5. The fourth-order valence-corrected chi connectivity index (χ4v) is 2.79. The first kappa shape index (κ1) is 20.7. The van der Waals surface area contributed by atoms with Crippen LogP contribution >= 0.6 is 0 Å². The Kier molecular flexibility index (Phi) is 8.03. The first-order valence-corrected chi connectivity index (χ1v) is 9.38. The lowest BCUT2D eigenvalue weighted by molar-refractivity contribution is -0.122. The molecule has 1 aromatic carbocycles. The Balaban J connectivity index is 1.94. The molecule has 8 nitrogen and oxygen atoms in total. The van der Waals surface area contributed by atoms with Crippen molar-refractivity contribution in [2.75, 3.05) is 20.8 Å². The second kappa shape index (κ2) is 10.5. The van der Waals surface area contributed by atoms with Gasteiger partial charge in [0.2, 0.25) is 11.7 Å². The molecule has 0 aliphatic rings. The fraction of sp³-hybridized carbons (Fsp3) is 0.579. The summed E-state index contributed by atoms with van der Waals surface area (Å²) in [6.45, 7) is 5.07.